The zero-order chi connectivity index (χ0) is 23.5. The molecule has 6 heteroatoms. The van der Waals surface area contributed by atoms with Gasteiger partial charge in [0.2, 0.25) is 0 Å². The molecule has 1 N–H and O–H groups in total. The van der Waals surface area contributed by atoms with E-state index in [1.807, 2.05) is 63.2 Å². The molecule has 2 amide bonds. The van der Waals surface area contributed by atoms with E-state index in [0.717, 1.165) is 16.9 Å². The number of methoxy groups -OCH3 is 1. The van der Waals surface area contributed by atoms with E-state index in [4.69, 9.17) is 9.47 Å². The molecule has 3 aromatic rings. The van der Waals surface area contributed by atoms with Gasteiger partial charge >= 0.3 is 0 Å². The number of ether oxygens (including phenoxy) is 2. The largest absolute Gasteiger partial charge is 0.497 e. The number of anilines is 2. The summed E-state index contributed by atoms with van der Waals surface area (Å²) in [6, 6.07) is 20.1. The molecule has 0 aromatic heterocycles. The Balaban J connectivity index is 1.78. The van der Waals surface area contributed by atoms with Crippen molar-refractivity contribution in [1.29, 1.82) is 0 Å². The van der Waals surface area contributed by atoms with Crippen LogP contribution in [-0.4, -0.2) is 25.5 Å². The van der Waals surface area contributed by atoms with Gasteiger partial charge in [-0.2, -0.15) is 0 Å². The quantitative estimate of drug-likeness (QED) is 0.515. The SMILES string of the molecule is CCOc1ccc(NC2=C(c3ccc(OC)cc3)C(=O)N(c3ccc(C)cc3C)C2=O)cc1. The predicted octanol–water partition coefficient (Wildman–Crippen LogP) is 5.11. The number of nitrogens with one attached hydrogen (secondary N) is 1. The number of aryl methyl sites for hydroxylation is 2. The molecule has 0 fully saturated rings. The fourth-order valence-electron chi connectivity index (χ4n) is 3.89. The summed E-state index contributed by atoms with van der Waals surface area (Å²) in [6.45, 7) is 6.36. The summed E-state index contributed by atoms with van der Waals surface area (Å²) in [6.07, 6.45) is 0. The minimum Gasteiger partial charge on any atom is -0.497 e. The van der Waals surface area contributed by atoms with Crippen molar-refractivity contribution in [2.24, 2.45) is 0 Å². The van der Waals surface area contributed by atoms with Crippen LogP contribution in [-0.2, 0) is 9.59 Å². The number of carbonyl (C=O) groups excluding carboxylic acids is 2. The normalized spacial score (nSPS) is 13.5. The summed E-state index contributed by atoms with van der Waals surface area (Å²) in [5.74, 6) is 0.638. The van der Waals surface area contributed by atoms with Crippen molar-refractivity contribution in [2.45, 2.75) is 20.8 Å². The molecule has 0 unspecified atom stereocenters. The lowest BCUT2D eigenvalue weighted by Gasteiger charge is -2.18. The Morgan fingerprint density at radius 2 is 1.52 bits per heavy atom. The number of nitrogens with zero attached hydrogens (tertiary/aromatic N) is 1. The van der Waals surface area contributed by atoms with Gasteiger partial charge in [0.15, 0.2) is 0 Å². The van der Waals surface area contributed by atoms with Gasteiger partial charge in [0.25, 0.3) is 11.8 Å². The van der Waals surface area contributed by atoms with E-state index < -0.39 is 5.91 Å². The third-order valence-corrected chi connectivity index (χ3v) is 5.49. The van der Waals surface area contributed by atoms with Gasteiger partial charge in [0.05, 0.1) is 25.0 Å². The van der Waals surface area contributed by atoms with Crippen LogP contribution in [0.2, 0.25) is 0 Å². The van der Waals surface area contributed by atoms with Crippen LogP contribution in [0.25, 0.3) is 5.57 Å². The first-order valence-electron chi connectivity index (χ1n) is 10.8. The molecule has 0 saturated carbocycles. The van der Waals surface area contributed by atoms with Crippen LogP contribution in [0.3, 0.4) is 0 Å². The van der Waals surface area contributed by atoms with E-state index in [1.165, 1.54) is 4.90 Å². The molecular weight excluding hydrogens is 416 g/mol. The molecule has 0 bridgehead atoms. The molecule has 0 aliphatic carbocycles. The second-order valence-corrected chi connectivity index (χ2v) is 7.80. The average molecular weight is 443 g/mol. The van der Waals surface area contributed by atoms with Crippen LogP contribution >= 0.6 is 0 Å². The lowest BCUT2D eigenvalue weighted by molar-refractivity contribution is -0.120. The Labute approximate surface area is 193 Å². The van der Waals surface area contributed by atoms with Crippen LogP contribution in [0, 0.1) is 13.8 Å². The number of amides is 2. The van der Waals surface area contributed by atoms with E-state index in [-0.39, 0.29) is 11.6 Å². The smallest absolute Gasteiger partial charge is 0.282 e. The maximum Gasteiger partial charge on any atom is 0.282 e. The fraction of sp³-hybridized carbons (Fsp3) is 0.185. The molecule has 0 atom stereocenters. The lowest BCUT2D eigenvalue weighted by atomic mass is 10.0. The number of benzene rings is 3. The highest BCUT2D eigenvalue weighted by atomic mass is 16.5. The first kappa shape index (κ1) is 22.1. The van der Waals surface area contributed by atoms with Crippen molar-refractivity contribution in [3.8, 4) is 11.5 Å². The molecule has 1 aliphatic rings. The Kier molecular flexibility index (Phi) is 6.18. The summed E-state index contributed by atoms with van der Waals surface area (Å²) in [5.41, 5.74) is 4.35. The lowest BCUT2D eigenvalue weighted by Crippen LogP contribution is -2.33. The van der Waals surface area contributed by atoms with Crippen LogP contribution in [0.5, 0.6) is 11.5 Å². The monoisotopic (exact) mass is 442 g/mol. The molecular formula is C27H26N2O4. The first-order chi connectivity index (χ1) is 15.9. The molecule has 0 saturated heterocycles. The standard InChI is InChI=1S/C27H26N2O4/c1-5-33-22-13-9-20(10-14-22)28-25-24(19-7-11-21(32-4)12-8-19)26(30)29(27(25)31)23-15-6-17(2)16-18(23)3/h6-16,28H,5H2,1-4H3. The molecule has 1 aliphatic heterocycles. The number of imide groups is 1. The number of hydrogen-bond acceptors (Lipinski definition) is 5. The highest BCUT2D eigenvalue weighted by Gasteiger charge is 2.40. The number of carbonyl (C=O) groups is 2. The Morgan fingerprint density at radius 3 is 2.12 bits per heavy atom. The summed E-state index contributed by atoms with van der Waals surface area (Å²) in [5, 5.41) is 3.18. The molecule has 6 nitrogen and oxygen atoms in total. The van der Waals surface area contributed by atoms with Gasteiger partial charge in [0.1, 0.15) is 17.2 Å². The van der Waals surface area contributed by atoms with Crippen LogP contribution in [0.15, 0.2) is 72.4 Å². The second-order valence-electron chi connectivity index (χ2n) is 7.80. The molecule has 0 spiro atoms. The van der Waals surface area contributed by atoms with Crippen molar-refractivity contribution in [3.05, 3.63) is 89.1 Å². The van der Waals surface area contributed by atoms with Crippen molar-refractivity contribution in [2.75, 3.05) is 23.9 Å². The van der Waals surface area contributed by atoms with Crippen molar-refractivity contribution in [3.63, 3.8) is 0 Å². The number of rotatable bonds is 7. The van der Waals surface area contributed by atoms with Gasteiger partial charge in [-0.1, -0.05) is 29.8 Å². The van der Waals surface area contributed by atoms with E-state index in [0.29, 0.717) is 34.9 Å². The maximum atomic E-state index is 13.6. The van der Waals surface area contributed by atoms with E-state index >= 15 is 0 Å². The fourth-order valence-corrected chi connectivity index (χ4v) is 3.89. The van der Waals surface area contributed by atoms with Gasteiger partial charge in [-0.25, -0.2) is 4.90 Å². The first-order valence-corrected chi connectivity index (χ1v) is 10.8. The topological polar surface area (TPSA) is 67.9 Å². The van der Waals surface area contributed by atoms with E-state index in [2.05, 4.69) is 5.32 Å². The van der Waals surface area contributed by atoms with Gasteiger partial charge < -0.3 is 14.8 Å². The molecule has 33 heavy (non-hydrogen) atoms. The van der Waals surface area contributed by atoms with Gasteiger partial charge in [-0.15, -0.1) is 0 Å². The Bertz CT molecular complexity index is 1230. The predicted molar refractivity (Wildman–Crippen MR) is 130 cm³/mol. The van der Waals surface area contributed by atoms with E-state index in [1.54, 1.807) is 31.4 Å². The highest BCUT2D eigenvalue weighted by Crippen LogP contribution is 2.36. The van der Waals surface area contributed by atoms with E-state index in [9.17, 15) is 9.59 Å². The number of hydrogen-bond donors (Lipinski definition) is 1. The summed E-state index contributed by atoms with van der Waals surface area (Å²) in [4.78, 5) is 28.4. The zero-order valence-electron chi connectivity index (χ0n) is 19.1. The third kappa shape index (κ3) is 4.32. The van der Waals surface area contributed by atoms with Crippen LogP contribution in [0.1, 0.15) is 23.6 Å². The van der Waals surface area contributed by atoms with Gasteiger partial charge in [0, 0.05) is 5.69 Å². The molecule has 168 valence electrons. The van der Waals surface area contributed by atoms with Crippen molar-refractivity contribution in [1.82, 2.24) is 0 Å². The molecule has 3 aromatic carbocycles. The molecule has 4 rings (SSSR count). The third-order valence-electron chi connectivity index (χ3n) is 5.49. The van der Waals surface area contributed by atoms with Gasteiger partial charge in [-0.05, 0) is 74.4 Å². The summed E-state index contributed by atoms with van der Waals surface area (Å²) >= 11 is 0. The maximum absolute atomic E-state index is 13.6. The van der Waals surface area contributed by atoms with Gasteiger partial charge in [-0.3, -0.25) is 9.59 Å². The second kappa shape index (κ2) is 9.20. The Hall–Kier alpha value is -4.06. The van der Waals surface area contributed by atoms with Crippen LogP contribution in [0.4, 0.5) is 11.4 Å². The molecule has 0 radical (unpaired) electrons. The Morgan fingerprint density at radius 1 is 0.848 bits per heavy atom. The zero-order valence-corrected chi connectivity index (χ0v) is 19.1. The van der Waals surface area contributed by atoms with Crippen molar-refractivity contribution < 1.29 is 19.1 Å². The molecule has 1 heterocycles. The average Bonchev–Trinajstić information content (AvgIpc) is 3.05. The minimum absolute atomic E-state index is 0.231. The highest BCUT2D eigenvalue weighted by molar-refractivity contribution is 6.46. The minimum atomic E-state index is -0.397. The van der Waals surface area contributed by atoms with Crippen molar-refractivity contribution >= 4 is 28.8 Å². The summed E-state index contributed by atoms with van der Waals surface area (Å²) in [7, 11) is 1.58. The van der Waals surface area contributed by atoms with Crippen LogP contribution < -0.4 is 19.7 Å². The summed E-state index contributed by atoms with van der Waals surface area (Å²) < 4.78 is 10.7.